The highest BCUT2D eigenvalue weighted by atomic mass is 16.5. The lowest BCUT2D eigenvalue weighted by molar-refractivity contribution is 0.0916. The molecule has 4 nitrogen and oxygen atoms in total. The molecule has 1 saturated heterocycles. The third kappa shape index (κ3) is 5.32. The van der Waals surface area contributed by atoms with Gasteiger partial charge in [-0.2, -0.15) is 0 Å². The molecule has 1 N–H and O–H groups in total. The first-order valence-electron chi connectivity index (χ1n) is 9.01. The molecule has 134 valence electrons. The second kappa shape index (κ2) is 8.13. The van der Waals surface area contributed by atoms with Gasteiger partial charge in [0.25, 0.3) is 0 Å². The smallest absolute Gasteiger partial charge is 0.180 e. The highest BCUT2D eigenvalue weighted by molar-refractivity contribution is 6.00. The van der Waals surface area contributed by atoms with Gasteiger partial charge in [0.15, 0.2) is 5.78 Å². The summed E-state index contributed by atoms with van der Waals surface area (Å²) in [6, 6.07) is 6.07. The molecule has 1 aromatic rings. The highest BCUT2D eigenvalue weighted by Crippen LogP contribution is 2.29. The van der Waals surface area contributed by atoms with E-state index in [4.69, 9.17) is 4.74 Å². The Morgan fingerprint density at radius 1 is 1.25 bits per heavy atom. The topological polar surface area (TPSA) is 41.6 Å². The van der Waals surface area contributed by atoms with E-state index < -0.39 is 0 Å². The van der Waals surface area contributed by atoms with Crippen LogP contribution in [0.2, 0.25) is 0 Å². The Bertz CT molecular complexity index is 555. The minimum Gasteiger partial charge on any atom is -0.493 e. The molecule has 0 bridgehead atoms. The van der Waals surface area contributed by atoms with Crippen molar-refractivity contribution >= 4 is 5.78 Å². The Morgan fingerprint density at radius 3 is 2.50 bits per heavy atom. The zero-order valence-electron chi connectivity index (χ0n) is 15.8. The summed E-state index contributed by atoms with van der Waals surface area (Å²) in [5, 5.41) is 3.32. The average molecular weight is 332 g/mol. The number of carbonyl (C=O) groups is 1. The van der Waals surface area contributed by atoms with Crippen LogP contribution in [0.25, 0.3) is 0 Å². The van der Waals surface area contributed by atoms with Crippen LogP contribution < -0.4 is 10.1 Å². The van der Waals surface area contributed by atoms with Crippen LogP contribution in [0.1, 0.15) is 50.5 Å². The molecular weight excluding hydrogens is 300 g/mol. The van der Waals surface area contributed by atoms with Crippen LogP contribution in [-0.4, -0.2) is 50.0 Å². The third-order valence-electron chi connectivity index (χ3n) is 4.29. The Hall–Kier alpha value is -1.39. The van der Waals surface area contributed by atoms with Crippen LogP contribution in [0.15, 0.2) is 18.2 Å². The van der Waals surface area contributed by atoms with Gasteiger partial charge in [0.05, 0.1) is 18.7 Å². The van der Waals surface area contributed by atoms with Gasteiger partial charge in [-0.25, -0.2) is 0 Å². The monoisotopic (exact) mass is 332 g/mol. The number of benzene rings is 1. The minimum absolute atomic E-state index is 0.0145. The second-order valence-corrected chi connectivity index (χ2v) is 8.12. The number of ketones is 1. The molecule has 1 heterocycles. The van der Waals surface area contributed by atoms with Crippen molar-refractivity contribution in [3.05, 3.63) is 29.3 Å². The summed E-state index contributed by atoms with van der Waals surface area (Å²) in [5.41, 5.74) is 1.91. The lowest BCUT2D eigenvalue weighted by Gasteiger charge is -2.27. The SMILES string of the molecule is CC(C)COc1ccc(C(C)(C)C)cc1C(=O)CN1CCNCC1. The van der Waals surface area contributed by atoms with E-state index in [0.717, 1.165) is 37.5 Å². The Balaban J connectivity index is 2.22. The molecular formula is C20H32N2O2. The Kier molecular flexibility index (Phi) is 6.41. The number of piperazine rings is 1. The van der Waals surface area contributed by atoms with Crippen molar-refractivity contribution in [3.63, 3.8) is 0 Å². The maximum Gasteiger partial charge on any atom is 0.180 e. The maximum atomic E-state index is 12.9. The van der Waals surface area contributed by atoms with Crippen molar-refractivity contribution < 1.29 is 9.53 Å². The van der Waals surface area contributed by atoms with E-state index in [1.807, 2.05) is 12.1 Å². The van der Waals surface area contributed by atoms with Gasteiger partial charge in [-0.3, -0.25) is 9.69 Å². The van der Waals surface area contributed by atoms with Gasteiger partial charge in [0, 0.05) is 26.2 Å². The molecule has 1 aliphatic rings. The van der Waals surface area contributed by atoms with Crippen LogP contribution in [0.4, 0.5) is 0 Å². The van der Waals surface area contributed by atoms with E-state index >= 15 is 0 Å². The molecule has 0 aromatic heterocycles. The van der Waals surface area contributed by atoms with E-state index in [9.17, 15) is 4.79 Å². The van der Waals surface area contributed by atoms with E-state index in [-0.39, 0.29) is 11.2 Å². The van der Waals surface area contributed by atoms with Crippen LogP contribution >= 0.6 is 0 Å². The number of Topliss-reactive ketones (excluding diaryl/α,β-unsaturated/α-hetero) is 1. The van der Waals surface area contributed by atoms with E-state index in [0.29, 0.717) is 19.1 Å². The van der Waals surface area contributed by atoms with Crippen molar-refractivity contribution in [2.24, 2.45) is 5.92 Å². The van der Waals surface area contributed by atoms with E-state index in [2.05, 4.69) is 50.9 Å². The standard InChI is InChI=1S/C20H32N2O2/c1-15(2)14-24-19-7-6-16(20(3,4)5)12-17(19)18(23)13-22-10-8-21-9-11-22/h6-7,12,15,21H,8-11,13-14H2,1-5H3. The van der Waals surface area contributed by atoms with Gasteiger partial charge >= 0.3 is 0 Å². The molecule has 0 aliphatic carbocycles. The number of carbonyl (C=O) groups excluding carboxylic acids is 1. The summed E-state index contributed by atoms with van der Waals surface area (Å²) in [4.78, 5) is 15.1. The first kappa shape index (κ1) is 18.9. The van der Waals surface area contributed by atoms with Crippen LogP contribution in [0.5, 0.6) is 5.75 Å². The lowest BCUT2D eigenvalue weighted by atomic mass is 9.85. The number of hydrogen-bond donors (Lipinski definition) is 1. The van der Waals surface area contributed by atoms with Crippen molar-refractivity contribution in [1.29, 1.82) is 0 Å². The zero-order valence-corrected chi connectivity index (χ0v) is 15.8. The first-order valence-corrected chi connectivity index (χ1v) is 9.01. The molecule has 0 saturated carbocycles. The van der Waals surface area contributed by atoms with Gasteiger partial charge < -0.3 is 10.1 Å². The molecule has 1 aromatic carbocycles. The molecule has 1 fully saturated rings. The molecule has 0 radical (unpaired) electrons. The fourth-order valence-electron chi connectivity index (χ4n) is 2.75. The molecule has 1 aliphatic heterocycles. The van der Waals surface area contributed by atoms with E-state index in [1.165, 1.54) is 5.56 Å². The van der Waals surface area contributed by atoms with Crippen LogP contribution in [0.3, 0.4) is 0 Å². The normalized spacial score (nSPS) is 16.4. The molecule has 0 spiro atoms. The third-order valence-corrected chi connectivity index (χ3v) is 4.29. The zero-order chi connectivity index (χ0) is 17.7. The van der Waals surface area contributed by atoms with Gasteiger partial charge in [-0.05, 0) is 29.0 Å². The van der Waals surface area contributed by atoms with Gasteiger partial charge in [-0.15, -0.1) is 0 Å². The second-order valence-electron chi connectivity index (χ2n) is 8.12. The molecule has 2 rings (SSSR count). The van der Waals surface area contributed by atoms with Crippen LogP contribution in [0, 0.1) is 5.92 Å². The summed E-state index contributed by atoms with van der Waals surface area (Å²) in [5.74, 6) is 1.31. The minimum atomic E-state index is 0.0145. The summed E-state index contributed by atoms with van der Waals surface area (Å²) in [6.07, 6.45) is 0. The average Bonchev–Trinajstić information content (AvgIpc) is 2.52. The molecule has 4 heteroatoms. The molecule has 0 atom stereocenters. The fourth-order valence-corrected chi connectivity index (χ4v) is 2.75. The number of nitrogens with one attached hydrogen (secondary N) is 1. The van der Waals surface area contributed by atoms with Crippen molar-refractivity contribution in [1.82, 2.24) is 10.2 Å². The summed E-state index contributed by atoms with van der Waals surface area (Å²) < 4.78 is 5.92. The summed E-state index contributed by atoms with van der Waals surface area (Å²) in [7, 11) is 0. The number of hydrogen-bond acceptors (Lipinski definition) is 4. The lowest BCUT2D eigenvalue weighted by Crippen LogP contribution is -2.45. The first-order chi connectivity index (χ1) is 11.3. The predicted molar refractivity (Wildman–Crippen MR) is 99.1 cm³/mol. The Morgan fingerprint density at radius 2 is 1.92 bits per heavy atom. The fraction of sp³-hybridized carbons (Fsp3) is 0.650. The molecule has 0 unspecified atom stereocenters. The van der Waals surface area contributed by atoms with Crippen molar-refractivity contribution in [2.75, 3.05) is 39.3 Å². The van der Waals surface area contributed by atoms with Crippen LogP contribution in [-0.2, 0) is 5.41 Å². The number of rotatable bonds is 6. The van der Waals surface area contributed by atoms with Crippen molar-refractivity contribution in [3.8, 4) is 5.75 Å². The summed E-state index contributed by atoms with van der Waals surface area (Å²) >= 11 is 0. The van der Waals surface area contributed by atoms with Gasteiger partial charge in [0.2, 0.25) is 0 Å². The van der Waals surface area contributed by atoms with Crippen molar-refractivity contribution in [2.45, 2.75) is 40.0 Å². The number of nitrogens with zero attached hydrogens (tertiary/aromatic N) is 1. The molecule has 0 amide bonds. The van der Waals surface area contributed by atoms with Gasteiger partial charge in [0.1, 0.15) is 5.75 Å². The molecule has 24 heavy (non-hydrogen) atoms. The predicted octanol–water partition coefficient (Wildman–Crippen LogP) is 3.11. The Labute approximate surface area is 146 Å². The maximum absolute atomic E-state index is 12.9. The largest absolute Gasteiger partial charge is 0.493 e. The van der Waals surface area contributed by atoms with E-state index in [1.54, 1.807) is 0 Å². The highest BCUT2D eigenvalue weighted by Gasteiger charge is 2.22. The van der Waals surface area contributed by atoms with Gasteiger partial charge in [-0.1, -0.05) is 40.7 Å². The summed E-state index contributed by atoms with van der Waals surface area (Å²) in [6.45, 7) is 15.6. The number of ether oxygens (including phenoxy) is 1. The quantitative estimate of drug-likeness (QED) is 0.813.